The Kier molecular flexibility index (Phi) is 4.36. The van der Waals surface area contributed by atoms with Crippen LogP contribution in [-0.2, 0) is 6.42 Å². The van der Waals surface area contributed by atoms with Crippen LogP contribution in [0.2, 0.25) is 0 Å². The lowest BCUT2D eigenvalue weighted by Crippen LogP contribution is -2.27. The van der Waals surface area contributed by atoms with Crippen LogP contribution in [0.15, 0.2) is 36.9 Å². The van der Waals surface area contributed by atoms with E-state index in [1.165, 1.54) is 11.1 Å². The molecule has 0 spiro atoms. The Labute approximate surface area is 85.8 Å². The van der Waals surface area contributed by atoms with Gasteiger partial charge < -0.3 is 0 Å². The fraction of sp³-hybridized carbons (Fsp3) is 0.333. The first kappa shape index (κ1) is 11.0. The summed E-state index contributed by atoms with van der Waals surface area (Å²) in [6.45, 7) is 5.87. The first-order valence-corrected chi connectivity index (χ1v) is 4.97. The molecule has 76 valence electrons. The lowest BCUT2D eigenvalue weighted by atomic mass is 10.0. The second kappa shape index (κ2) is 5.58. The average molecular weight is 190 g/mol. The summed E-state index contributed by atoms with van der Waals surface area (Å²) in [6, 6.07) is 8.66. The van der Waals surface area contributed by atoms with E-state index in [-0.39, 0.29) is 6.04 Å². The zero-order valence-electron chi connectivity index (χ0n) is 8.66. The highest BCUT2D eigenvalue weighted by atomic mass is 15.2. The monoisotopic (exact) mass is 190 g/mol. The average Bonchev–Trinajstić information content (AvgIpc) is 2.26. The molecule has 1 aromatic carbocycles. The Bertz CT molecular complexity index is 294. The number of aryl methyl sites for hydroxylation is 1. The summed E-state index contributed by atoms with van der Waals surface area (Å²) >= 11 is 0. The van der Waals surface area contributed by atoms with E-state index in [1.807, 2.05) is 6.08 Å². The van der Waals surface area contributed by atoms with Crippen LogP contribution < -0.4 is 11.3 Å². The van der Waals surface area contributed by atoms with E-state index >= 15 is 0 Å². The molecule has 3 N–H and O–H groups in total. The highest BCUT2D eigenvalue weighted by Crippen LogP contribution is 2.17. The number of hydrogen-bond acceptors (Lipinski definition) is 2. The summed E-state index contributed by atoms with van der Waals surface area (Å²) in [5.74, 6) is 5.48. The van der Waals surface area contributed by atoms with Crippen LogP contribution in [0.5, 0.6) is 0 Å². The van der Waals surface area contributed by atoms with E-state index in [0.717, 1.165) is 12.8 Å². The van der Waals surface area contributed by atoms with E-state index < -0.39 is 0 Å². The predicted octanol–water partition coefficient (Wildman–Crippen LogP) is 2.33. The highest BCUT2D eigenvalue weighted by Gasteiger charge is 2.06. The molecule has 1 rings (SSSR count). The van der Waals surface area contributed by atoms with Crippen molar-refractivity contribution in [2.24, 2.45) is 5.84 Å². The van der Waals surface area contributed by atoms with Gasteiger partial charge in [0.1, 0.15) is 0 Å². The molecule has 0 saturated carbocycles. The maximum absolute atomic E-state index is 5.48. The molecule has 1 atom stereocenters. The van der Waals surface area contributed by atoms with E-state index in [2.05, 4.69) is 43.2 Å². The topological polar surface area (TPSA) is 38.0 Å². The van der Waals surface area contributed by atoms with Crippen molar-refractivity contribution in [2.75, 3.05) is 0 Å². The van der Waals surface area contributed by atoms with Crippen molar-refractivity contribution < 1.29 is 0 Å². The third-order valence-corrected chi connectivity index (χ3v) is 2.37. The first-order valence-electron chi connectivity index (χ1n) is 4.97. The predicted molar refractivity (Wildman–Crippen MR) is 60.7 cm³/mol. The summed E-state index contributed by atoms with van der Waals surface area (Å²) < 4.78 is 0. The van der Waals surface area contributed by atoms with Crippen molar-refractivity contribution in [1.82, 2.24) is 5.43 Å². The van der Waals surface area contributed by atoms with Gasteiger partial charge in [0.2, 0.25) is 0 Å². The Hall–Kier alpha value is -1.12. The molecule has 0 saturated heterocycles. The van der Waals surface area contributed by atoms with Crippen molar-refractivity contribution in [3.8, 4) is 0 Å². The highest BCUT2D eigenvalue weighted by molar-refractivity contribution is 5.26. The van der Waals surface area contributed by atoms with Gasteiger partial charge in [-0.25, -0.2) is 0 Å². The van der Waals surface area contributed by atoms with Gasteiger partial charge in [0, 0.05) is 6.04 Å². The Morgan fingerprint density at radius 1 is 1.57 bits per heavy atom. The van der Waals surface area contributed by atoms with Gasteiger partial charge in [0.15, 0.2) is 0 Å². The van der Waals surface area contributed by atoms with E-state index in [0.29, 0.717) is 0 Å². The molecular formula is C12H18N2. The maximum Gasteiger partial charge on any atom is 0.0494 e. The third kappa shape index (κ3) is 2.69. The normalized spacial score (nSPS) is 12.4. The summed E-state index contributed by atoms with van der Waals surface area (Å²) in [6.07, 6.45) is 3.78. The zero-order valence-corrected chi connectivity index (χ0v) is 8.66. The fourth-order valence-corrected chi connectivity index (χ4v) is 1.50. The molecule has 14 heavy (non-hydrogen) atoms. The van der Waals surface area contributed by atoms with Crippen molar-refractivity contribution in [3.05, 3.63) is 48.0 Å². The van der Waals surface area contributed by atoms with Crippen LogP contribution in [0.25, 0.3) is 0 Å². The van der Waals surface area contributed by atoms with Crippen LogP contribution >= 0.6 is 0 Å². The molecule has 2 heteroatoms. The van der Waals surface area contributed by atoms with E-state index in [9.17, 15) is 0 Å². The van der Waals surface area contributed by atoms with Crippen LogP contribution in [0.4, 0.5) is 0 Å². The minimum Gasteiger partial charge on any atom is -0.271 e. The van der Waals surface area contributed by atoms with Crippen LogP contribution in [0.1, 0.15) is 30.5 Å². The number of hydrogen-bond donors (Lipinski definition) is 2. The molecule has 0 amide bonds. The van der Waals surface area contributed by atoms with Gasteiger partial charge in [-0.05, 0) is 24.0 Å². The Morgan fingerprint density at radius 2 is 2.36 bits per heavy atom. The van der Waals surface area contributed by atoms with E-state index in [4.69, 9.17) is 5.84 Å². The van der Waals surface area contributed by atoms with Crippen molar-refractivity contribution in [2.45, 2.75) is 25.8 Å². The fourth-order valence-electron chi connectivity index (χ4n) is 1.50. The van der Waals surface area contributed by atoms with Gasteiger partial charge in [0.05, 0.1) is 0 Å². The van der Waals surface area contributed by atoms with Gasteiger partial charge in [-0.2, -0.15) is 0 Å². The molecule has 1 aromatic rings. The number of benzene rings is 1. The molecular weight excluding hydrogens is 172 g/mol. The molecule has 0 radical (unpaired) electrons. The van der Waals surface area contributed by atoms with Gasteiger partial charge in [0.25, 0.3) is 0 Å². The molecule has 0 fully saturated rings. The molecule has 0 aromatic heterocycles. The first-order chi connectivity index (χ1) is 6.81. The molecule has 1 unspecified atom stereocenters. The zero-order chi connectivity index (χ0) is 10.4. The van der Waals surface area contributed by atoms with Gasteiger partial charge in [-0.15, -0.1) is 6.58 Å². The minimum absolute atomic E-state index is 0.180. The summed E-state index contributed by atoms with van der Waals surface area (Å²) in [7, 11) is 0. The Balaban J connectivity index is 2.85. The minimum atomic E-state index is 0.180. The third-order valence-electron chi connectivity index (χ3n) is 2.37. The summed E-state index contributed by atoms with van der Waals surface area (Å²) in [5.41, 5.74) is 5.37. The molecule has 0 aliphatic rings. The van der Waals surface area contributed by atoms with E-state index in [1.54, 1.807) is 0 Å². The van der Waals surface area contributed by atoms with Crippen LogP contribution in [-0.4, -0.2) is 0 Å². The molecule has 0 aliphatic heterocycles. The van der Waals surface area contributed by atoms with Gasteiger partial charge in [-0.3, -0.25) is 11.3 Å². The molecule has 2 nitrogen and oxygen atoms in total. The lowest BCUT2D eigenvalue weighted by Gasteiger charge is -2.14. The number of rotatable bonds is 5. The number of hydrazine groups is 1. The SMILES string of the molecule is C=CCC(NN)c1cccc(CC)c1. The molecule has 0 aliphatic carbocycles. The number of nitrogens with one attached hydrogen (secondary N) is 1. The Morgan fingerprint density at radius 3 is 2.93 bits per heavy atom. The van der Waals surface area contributed by atoms with Gasteiger partial charge >= 0.3 is 0 Å². The number of nitrogens with two attached hydrogens (primary N) is 1. The second-order valence-electron chi connectivity index (χ2n) is 3.34. The largest absolute Gasteiger partial charge is 0.271 e. The van der Waals surface area contributed by atoms with Crippen LogP contribution in [0.3, 0.4) is 0 Å². The van der Waals surface area contributed by atoms with Crippen molar-refractivity contribution in [1.29, 1.82) is 0 Å². The van der Waals surface area contributed by atoms with Crippen molar-refractivity contribution >= 4 is 0 Å². The summed E-state index contributed by atoms with van der Waals surface area (Å²) in [5, 5.41) is 0. The standard InChI is InChI=1S/C12H18N2/c1-3-6-12(14-13)11-8-5-7-10(4-2)9-11/h3,5,7-9,12,14H,1,4,6,13H2,2H3. The second-order valence-corrected chi connectivity index (χ2v) is 3.34. The molecule has 0 heterocycles. The van der Waals surface area contributed by atoms with Crippen LogP contribution in [0, 0.1) is 0 Å². The van der Waals surface area contributed by atoms with Gasteiger partial charge in [-0.1, -0.05) is 37.3 Å². The lowest BCUT2D eigenvalue weighted by molar-refractivity contribution is 0.561. The van der Waals surface area contributed by atoms with Crippen molar-refractivity contribution in [3.63, 3.8) is 0 Å². The molecule has 0 bridgehead atoms. The maximum atomic E-state index is 5.48. The smallest absolute Gasteiger partial charge is 0.0494 e. The quantitative estimate of drug-likeness (QED) is 0.425. The summed E-state index contributed by atoms with van der Waals surface area (Å²) in [4.78, 5) is 0.